The summed E-state index contributed by atoms with van der Waals surface area (Å²) in [5, 5.41) is 5.04. The zero-order chi connectivity index (χ0) is 31.2. The normalized spacial score (nSPS) is 16.3. The Labute approximate surface area is 244 Å². The second-order valence-electron chi connectivity index (χ2n) is 9.51. The molecule has 2 aliphatic carbocycles. The molecule has 0 spiro atoms. The van der Waals surface area contributed by atoms with Crippen molar-refractivity contribution in [1.29, 1.82) is 0 Å². The summed E-state index contributed by atoms with van der Waals surface area (Å²) in [6.07, 6.45) is -0.836. The molecule has 0 saturated heterocycles. The number of amides is 2. The van der Waals surface area contributed by atoms with Crippen LogP contribution in [-0.4, -0.2) is 53.4 Å². The molecule has 4 rings (SSSR count). The van der Waals surface area contributed by atoms with Gasteiger partial charge in [0, 0.05) is 50.9 Å². The highest BCUT2D eigenvalue weighted by atomic mass is 32.3. The number of benzene rings is 2. The quantitative estimate of drug-likeness (QED) is 0.291. The van der Waals surface area contributed by atoms with Gasteiger partial charge in [-0.05, 0) is 11.1 Å². The Morgan fingerprint density at radius 1 is 0.810 bits per heavy atom. The predicted octanol–water partition coefficient (Wildman–Crippen LogP) is 7.06. The molecule has 2 amide bonds. The van der Waals surface area contributed by atoms with Crippen LogP contribution in [0.15, 0.2) is 60.7 Å². The van der Waals surface area contributed by atoms with E-state index in [1.165, 1.54) is 13.8 Å². The average molecular weight is 622 g/mol. The topological polar surface area (TPSA) is 97.0 Å². The van der Waals surface area contributed by atoms with Crippen molar-refractivity contribution in [2.24, 2.45) is 0 Å². The van der Waals surface area contributed by atoms with Crippen LogP contribution >= 0.6 is 11.4 Å². The maximum atomic E-state index is 12.5. The highest BCUT2D eigenvalue weighted by molar-refractivity contribution is 8.18. The lowest BCUT2D eigenvalue weighted by molar-refractivity contribution is -0.125. The maximum absolute atomic E-state index is 12.5. The van der Waals surface area contributed by atoms with E-state index >= 15 is 0 Å². The highest BCUT2D eigenvalue weighted by Crippen LogP contribution is 2.56. The van der Waals surface area contributed by atoms with Crippen molar-refractivity contribution in [2.75, 3.05) is 13.1 Å². The molecule has 0 heterocycles. The van der Waals surface area contributed by atoms with Crippen molar-refractivity contribution >= 4 is 29.3 Å². The van der Waals surface area contributed by atoms with Crippen LogP contribution in [0.1, 0.15) is 50.7 Å². The van der Waals surface area contributed by atoms with Gasteiger partial charge in [0.1, 0.15) is 19.0 Å². The van der Waals surface area contributed by atoms with Crippen LogP contribution in [0.25, 0.3) is 0 Å². The fourth-order valence-corrected chi connectivity index (χ4v) is 4.32. The van der Waals surface area contributed by atoms with Gasteiger partial charge in [-0.3, -0.25) is 4.79 Å². The number of hydrogen-bond donors (Lipinski definition) is 2. The number of carbonyl (C=O) groups is 3. The molecule has 42 heavy (non-hydrogen) atoms. The van der Waals surface area contributed by atoms with Crippen molar-refractivity contribution in [3.05, 3.63) is 71.8 Å². The molecule has 0 unspecified atom stereocenters. The Morgan fingerprint density at radius 2 is 1.21 bits per heavy atom. The lowest BCUT2D eigenvalue weighted by atomic mass is 9.88. The van der Waals surface area contributed by atoms with Crippen LogP contribution in [-0.2, 0) is 27.5 Å². The summed E-state index contributed by atoms with van der Waals surface area (Å²) < 4.78 is 70.6. The van der Waals surface area contributed by atoms with Gasteiger partial charge in [0.15, 0.2) is 0 Å². The molecule has 2 aromatic carbocycles. The lowest BCUT2D eigenvalue weighted by Gasteiger charge is -2.34. The van der Waals surface area contributed by atoms with Gasteiger partial charge in [0.05, 0.1) is 0 Å². The van der Waals surface area contributed by atoms with Crippen molar-refractivity contribution in [3.63, 3.8) is 0 Å². The van der Waals surface area contributed by atoms with Crippen LogP contribution < -0.4 is 10.6 Å². The van der Waals surface area contributed by atoms with Gasteiger partial charge in [0.2, 0.25) is 0 Å². The smallest absolute Gasteiger partial charge is 0.407 e. The zero-order valence-corrected chi connectivity index (χ0v) is 24.2. The van der Waals surface area contributed by atoms with Gasteiger partial charge < -0.3 is 20.1 Å². The van der Waals surface area contributed by atoms with E-state index in [1.54, 1.807) is 0 Å². The molecular weight excluding hydrogens is 585 g/mol. The number of alkyl halides is 2. The van der Waals surface area contributed by atoms with Crippen molar-refractivity contribution in [1.82, 2.24) is 14.9 Å². The van der Waals surface area contributed by atoms with E-state index in [1.807, 2.05) is 60.7 Å². The summed E-state index contributed by atoms with van der Waals surface area (Å²) in [5.74, 6) is -2.44. The van der Waals surface area contributed by atoms with Crippen LogP contribution in [0.3, 0.4) is 0 Å². The van der Waals surface area contributed by atoms with E-state index in [0.717, 1.165) is 11.1 Å². The van der Waals surface area contributed by atoms with Gasteiger partial charge in [0.25, 0.3) is 17.3 Å². The maximum Gasteiger partial charge on any atom is 0.407 e. The third-order valence-corrected chi connectivity index (χ3v) is 7.21. The second-order valence-corrected chi connectivity index (χ2v) is 10.8. The molecule has 2 aliphatic rings. The van der Waals surface area contributed by atoms with Gasteiger partial charge in [-0.1, -0.05) is 74.5 Å². The predicted molar refractivity (Wildman–Crippen MR) is 149 cm³/mol. The van der Waals surface area contributed by atoms with Gasteiger partial charge in [-0.15, -0.1) is 11.7 Å². The number of halogens is 5. The Balaban J connectivity index is 0.000000232. The summed E-state index contributed by atoms with van der Waals surface area (Å²) in [5.41, 5.74) is 1.81. The minimum atomic E-state index is -4.93. The first-order valence-corrected chi connectivity index (χ1v) is 14.6. The molecule has 14 heteroatoms. The van der Waals surface area contributed by atoms with Crippen molar-refractivity contribution < 1.29 is 44.3 Å². The fraction of sp³-hybridized carbons (Fsp3) is 0.464. The summed E-state index contributed by atoms with van der Waals surface area (Å²) in [6, 6.07) is 18.2. The average Bonchev–Trinajstić information content (AvgIpc) is 2.91. The first kappa shape index (κ1) is 34.8. The third-order valence-electron chi connectivity index (χ3n) is 6.11. The summed E-state index contributed by atoms with van der Waals surface area (Å²) in [7, 11) is 0. The number of Topliss-reactive ketones (excluding diaryl/α,β-unsaturated/α-hetero) is 1. The summed E-state index contributed by atoms with van der Waals surface area (Å²) in [6.45, 7) is 3.54. The monoisotopic (exact) mass is 621 g/mol. The summed E-state index contributed by atoms with van der Waals surface area (Å²) in [4.78, 5) is 33.2. The molecule has 2 aromatic rings. The van der Waals surface area contributed by atoms with Crippen LogP contribution in [0, 0.1) is 0 Å². The largest absolute Gasteiger partial charge is 0.445 e. The van der Waals surface area contributed by atoms with Gasteiger partial charge in [-0.2, -0.15) is 4.31 Å². The third kappa shape index (κ3) is 13.5. The van der Waals surface area contributed by atoms with E-state index < -0.39 is 35.5 Å². The fourth-order valence-electron chi connectivity index (χ4n) is 3.73. The molecule has 2 fully saturated rings. The minimum Gasteiger partial charge on any atom is -0.445 e. The molecule has 0 aromatic heterocycles. The number of nitrogens with zero attached hydrogens (tertiary/aromatic N) is 1. The Hall–Kier alpha value is -3.39. The number of alkyl carbamates (subject to hydrolysis) is 2. The molecule has 0 atom stereocenters. The number of rotatable bonds is 9. The van der Waals surface area contributed by atoms with Gasteiger partial charge >= 0.3 is 12.2 Å². The molecule has 8 nitrogen and oxygen atoms in total. The Kier molecular flexibility index (Phi) is 14.0. The highest BCUT2D eigenvalue weighted by Gasteiger charge is 2.46. The number of carbonyl (C=O) groups excluding carboxylic acids is 3. The lowest BCUT2D eigenvalue weighted by Crippen LogP contribution is -2.50. The van der Waals surface area contributed by atoms with Crippen LogP contribution in [0.2, 0.25) is 0 Å². The van der Waals surface area contributed by atoms with E-state index in [0.29, 0.717) is 17.1 Å². The molecular formula is C28H36F5N3O5S. The number of ether oxygens (including phenoxy) is 2. The molecule has 2 N–H and O–H groups in total. The van der Waals surface area contributed by atoms with E-state index in [9.17, 15) is 34.8 Å². The molecule has 0 aliphatic heterocycles. The second kappa shape index (κ2) is 16.9. The molecule has 0 bridgehead atoms. The van der Waals surface area contributed by atoms with Crippen molar-refractivity contribution in [2.45, 2.75) is 70.8 Å². The van der Waals surface area contributed by atoms with E-state index in [-0.39, 0.29) is 51.0 Å². The summed E-state index contributed by atoms with van der Waals surface area (Å²) >= 11 is -4.93. The number of hydrogen-bond acceptors (Lipinski definition) is 6. The van der Waals surface area contributed by atoms with Gasteiger partial charge in [-0.25, -0.2) is 18.4 Å². The molecule has 0 radical (unpaired) electrons. The van der Waals surface area contributed by atoms with E-state index in [2.05, 4.69) is 10.6 Å². The van der Waals surface area contributed by atoms with Crippen LogP contribution in [0.4, 0.5) is 30.0 Å². The minimum absolute atomic E-state index is 0.0317. The first-order chi connectivity index (χ1) is 19.8. The molecule has 234 valence electrons. The standard InChI is InChI=1S/C12H13F2NO2.C12H13NO3.C4H10F3NS/c13-12(14)6-10(7-12)15-11(16)17-8-9-4-2-1-3-5-9;14-11-6-10(7-11)13-12(15)16-8-9-4-2-1-3-5-9;1-3-8(4-2)9(5,6)7/h1-5,10H,6-8H2,(H,15,16);1-5,10H,6-8H2,(H,13,15);3-4H2,1-2H3. The number of nitrogens with one attached hydrogen (secondary N) is 2. The van der Waals surface area contributed by atoms with Crippen LogP contribution in [0.5, 0.6) is 0 Å². The zero-order valence-electron chi connectivity index (χ0n) is 23.4. The number of ketones is 1. The Morgan fingerprint density at radius 3 is 1.52 bits per heavy atom. The van der Waals surface area contributed by atoms with Crippen molar-refractivity contribution in [3.8, 4) is 0 Å². The Bertz CT molecular complexity index is 1110. The SMILES string of the molecule is CCN(CC)S(F)(F)F.O=C(NC1CC(F)(F)C1)OCc1ccccc1.O=C1CC(NC(=O)OCc2ccccc2)C1. The molecule has 2 saturated carbocycles. The first-order valence-electron chi connectivity index (χ1n) is 13.3. The van der Waals surface area contributed by atoms with E-state index in [4.69, 9.17) is 9.47 Å².